The van der Waals surface area contributed by atoms with E-state index in [0.29, 0.717) is 19.0 Å². The molecule has 1 aromatic heterocycles. The number of hydrogen-bond acceptors (Lipinski definition) is 3. The lowest BCUT2D eigenvalue weighted by Gasteiger charge is -2.29. The van der Waals surface area contributed by atoms with Gasteiger partial charge in [0.05, 0.1) is 5.69 Å². The highest BCUT2D eigenvalue weighted by molar-refractivity contribution is 5.76. The van der Waals surface area contributed by atoms with Crippen molar-refractivity contribution in [1.29, 1.82) is 0 Å². The first-order valence-corrected chi connectivity index (χ1v) is 7.03. The molecule has 106 valence electrons. The summed E-state index contributed by atoms with van der Waals surface area (Å²) in [5, 5.41) is 7.50. The minimum absolute atomic E-state index is 0.141. The zero-order valence-corrected chi connectivity index (χ0v) is 12.1. The Hall–Kier alpha value is -1.36. The molecule has 1 amide bonds. The Balaban J connectivity index is 1.74. The fourth-order valence-electron chi connectivity index (χ4n) is 2.56. The fraction of sp³-hybridized carbons (Fsp3) is 0.714. The van der Waals surface area contributed by atoms with Crippen LogP contribution >= 0.6 is 0 Å². The summed E-state index contributed by atoms with van der Waals surface area (Å²) in [4.78, 5) is 14.2. The van der Waals surface area contributed by atoms with Crippen molar-refractivity contribution >= 4 is 5.91 Å². The normalized spacial score (nSPS) is 17.6. The second-order valence-corrected chi connectivity index (χ2v) is 5.55. The number of aromatic nitrogens is 2. The standard InChI is InChI=1S/C14H24N4O/c1-11-10-12(2)18(16-11)9-6-14(19)15-13-4-7-17(3)8-5-13/h10,13H,4-9H2,1-3H3,(H,15,19). The lowest BCUT2D eigenvalue weighted by Crippen LogP contribution is -2.43. The first kappa shape index (κ1) is 14.1. The Bertz CT molecular complexity index is 433. The Morgan fingerprint density at radius 3 is 2.68 bits per heavy atom. The lowest BCUT2D eigenvalue weighted by atomic mass is 10.1. The molecule has 0 spiro atoms. The predicted octanol–water partition coefficient (Wildman–Crippen LogP) is 1.10. The van der Waals surface area contributed by atoms with Gasteiger partial charge in [-0.1, -0.05) is 0 Å². The van der Waals surface area contributed by atoms with Gasteiger partial charge in [-0.05, 0) is 52.9 Å². The van der Waals surface area contributed by atoms with Crippen LogP contribution in [0.3, 0.4) is 0 Å². The van der Waals surface area contributed by atoms with Crippen LogP contribution in [0, 0.1) is 13.8 Å². The van der Waals surface area contributed by atoms with Gasteiger partial charge in [0.15, 0.2) is 0 Å². The summed E-state index contributed by atoms with van der Waals surface area (Å²) in [6.45, 7) is 6.81. The van der Waals surface area contributed by atoms with E-state index in [0.717, 1.165) is 37.3 Å². The van der Waals surface area contributed by atoms with E-state index in [9.17, 15) is 4.79 Å². The maximum atomic E-state index is 11.9. The Kier molecular flexibility index (Phi) is 4.58. The SMILES string of the molecule is Cc1cc(C)n(CCC(=O)NC2CCN(C)CC2)n1. The summed E-state index contributed by atoms with van der Waals surface area (Å²) < 4.78 is 1.91. The Labute approximate surface area is 115 Å². The molecule has 0 radical (unpaired) electrons. The van der Waals surface area contributed by atoms with Gasteiger partial charge in [-0.3, -0.25) is 9.48 Å². The molecule has 2 rings (SSSR count). The summed E-state index contributed by atoms with van der Waals surface area (Å²) in [5.74, 6) is 0.141. The van der Waals surface area contributed by atoms with Crippen LogP contribution in [0.15, 0.2) is 6.07 Å². The molecule has 0 aromatic carbocycles. The smallest absolute Gasteiger partial charge is 0.222 e. The highest BCUT2D eigenvalue weighted by Crippen LogP contribution is 2.08. The third kappa shape index (κ3) is 4.06. The second kappa shape index (κ2) is 6.19. The van der Waals surface area contributed by atoms with Crippen molar-refractivity contribution in [3.8, 4) is 0 Å². The first-order valence-electron chi connectivity index (χ1n) is 7.03. The second-order valence-electron chi connectivity index (χ2n) is 5.55. The molecule has 1 aromatic rings. The van der Waals surface area contributed by atoms with Gasteiger partial charge >= 0.3 is 0 Å². The molecule has 19 heavy (non-hydrogen) atoms. The highest BCUT2D eigenvalue weighted by Gasteiger charge is 2.18. The predicted molar refractivity (Wildman–Crippen MR) is 75.0 cm³/mol. The van der Waals surface area contributed by atoms with Gasteiger partial charge in [0.25, 0.3) is 0 Å². The molecule has 0 unspecified atom stereocenters. The average molecular weight is 264 g/mol. The van der Waals surface area contributed by atoms with E-state index in [1.165, 1.54) is 0 Å². The van der Waals surface area contributed by atoms with E-state index >= 15 is 0 Å². The maximum absolute atomic E-state index is 11.9. The van der Waals surface area contributed by atoms with E-state index in [1.54, 1.807) is 0 Å². The van der Waals surface area contributed by atoms with E-state index in [-0.39, 0.29) is 5.91 Å². The first-order chi connectivity index (χ1) is 9.04. The number of nitrogens with zero attached hydrogens (tertiary/aromatic N) is 3. The van der Waals surface area contributed by atoms with Crippen LogP contribution in [0.5, 0.6) is 0 Å². The molecule has 5 heteroatoms. The van der Waals surface area contributed by atoms with Crippen molar-refractivity contribution in [3.05, 3.63) is 17.5 Å². The van der Waals surface area contributed by atoms with Gasteiger partial charge in [-0.25, -0.2) is 0 Å². The summed E-state index contributed by atoms with van der Waals surface area (Å²) >= 11 is 0. The van der Waals surface area contributed by atoms with Crippen LogP contribution in [0.1, 0.15) is 30.7 Å². The molecule has 0 atom stereocenters. The molecule has 0 saturated carbocycles. The minimum Gasteiger partial charge on any atom is -0.353 e. The van der Waals surface area contributed by atoms with E-state index in [2.05, 4.69) is 22.4 Å². The summed E-state index contributed by atoms with van der Waals surface area (Å²) in [6.07, 6.45) is 2.62. The number of aryl methyl sites for hydroxylation is 3. The molecule has 1 saturated heterocycles. The topological polar surface area (TPSA) is 50.2 Å². The van der Waals surface area contributed by atoms with Gasteiger partial charge in [-0.15, -0.1) is 0 Å². The molecule has 1 N–H and O–H groups in total. The van der Waals surface area contributed by atoms with Gasteiger partial charge in [-0.2, -0.15) is 5.10 Å². The largest absolute Gasteiger partial charge is 0.353 e. The van der Waals surface area contributed by atoms with Crippen molar-refractivity contribution in [2.24, 2.45) is 0 Å². The average Bonchev–Trinajstić information content (AvgIpc) is 2.68. The van der Waals surface area contributed by atoms with Crippen molar-refractivity contribution in [1.82, 2.24) is 20.0 Å². The number of nitrogens with one attached hydrogen (secondary N) is 1. The number of carbonyl (C=O) groups is 1. The maximum Gasteiger partial charge on any atom is 0.222 e. The third-order valence-corrected chi connectivity index (χ3v) is 3.74. The summed E-state index contributed by atoms with van der Waals surface area (Å²) in [5.41, 5.74) is 2.12. The van der Waals surface area contributed by atoms with Crippen LogP contribution < -0.4 is 5.32 Å². The fourth-order valence-corrected chi connectivity index (χ4v) is 2.56. The summed E-state index contributed by atoms with van der Waals surface area (Å²) in [7, 11) is 2.13. The van der Waals surface area contributed by atoms with Crippen LogP contribution in [0.25, 0.3) is 0 Å². The minimum atomic E-state index is 0.141. The van der Waals surface area contributed by atoms with Crippen molar-refractivity contribution in [3.63, 3.8) is 0 Å². The number of carbonyl (C=O) groups excluding carboxylic acids is 1. The molecule has 1 aliphatic heterocycles. The number of rotatable bonds is 4. The lowest BCUT2D eigenvalue weighted by molar-refractivity contribution is -0.122. The molecule has 0 aliphatic carbocycles. The monoisotopic (exact) mass is 264 g/mol. The molecule has 1 aliphatic rings. The van der Waals surface area contributed by atoms with Crippen molar-refractivity contribution < 1.29 is 4.79 Å². The number of likely N-dealkylation sites (tertiary alicyclic amines) is 1. The van der Waals surface area contributed by atoms with Gasteiger partial charge in [0, 0.05) is 24.7 Å². The van der Waals surface area contributed by atoms with E-state index in [1.807, 2.05) is 24.6 Å². The van der Waals surface area contributed by atoms with Crippen molar-refractivity contribution in [2.45, 2.75) is 45.7 Å². The number of hydrogen-bond donors (Lipinski definition) is 1. The van der Waals surface area contributed by atoms with E-state index < -0.39 is 0 Å². The van der Waals surface area contributed by atoms with Crippen LogP contribution in [-0.4, -0.2) is 46.8 Å². The molecule has 2 heterocycles. The van der Waals surface area contributed by atoms with Gasteiger partial charge in [0.1, 0.15) is 0 Å². The van der Waals surface area contributed by atoms with Crippen molar-refractivity contribution in [2.75, 3.05) is 20.1 Å². The van der Waals surface area contributed by atoms with Crippen LogP contribution in [0.2, 0.25) is 0 Å². The molecular weight excluding hydrogens is 240 g/mol. The highest BCUT2D eigenvalue weighted by atomic mass is 16.1. The number of piperidine rings is 1. The molecule has 5 nitrogen and oxygen atoms in total. The zero-order valence-electron chi connectivity index (χ0n) is 12.1. The molecule has 1 fully saturated rings. The Morgan fingerprint density at radius 2 is 2.11 bits per heavy atom. The van der Waals surface area contributed by atoms with Gasteiger partial charge < -0.3 is 10.2 Å². The quantitative estimate of drug-likeness (QED) is 0.886. The zero-order chi connectivity index (χ0) is 13.8. The number of amides is 1. The Morgan fingerprint density at radius 1 is 1.42 bits per heavy atom. The third-order valence-electron chi connectivity index (χ3n) is 3.74. The molecule has 0 bridgehead atoms. The van der Waals surface area contributed by atoms with Gasteiger partial charge in [0.2, 0.25) is 5.91 Å². The summed E-state index contributed by atoms with van der Waals surface area (Å²) in [6, 6.07) is 2.39. The molecular formula is C14H24N4O. The van der Waals surface area contributed by atoms with Crippen LogP contribution in [0.4, 0.5) is 0 Å². The van der Waals surface area contributed by atoms with Crippen LogP contribution in [-0.2, 0) is 11.3 Å². The van der Waals surface area contributed by atoms with E-state index in [4.69, 9.17) is 0 Å².